The lowest BCUT2D eigenvalue weighted by Crippen LogP contribution is -2.39. The molecule has 2 N–H and O–H groups in total. The predicted octanol–water partition coefficient (Wildman–Crippen LogP) is 3.77. The van der Waals surface area contributed by atoms with Gasteiger partial charge in [-0.25, -0.2) is 0 Å². The van der Waals surface area contributed by atoms with Crippen molar-refractivity contribution >= 4 is 21.8 Å². The first kappa shape index (κ1) is 17.0. The molecule has 4 heteroatoms. The van der Waals surface area contributed by atoms with Crippen molar-refractivity contribution in [2.45, 2.75) is 50.4 Å². The van der Waals surface area contributed by atoms with E-state index in [0.29, 0.717) is 12.3 Å². The fraction of sp³-hybridized carbons (Fsp3) is 0.632. The number of halogens is 1. The van der Waals surface area contributed by atoms with Crippen LogP contribution in [0.1, 0.15) is 50.5 Å². The number of rotatable bonds is 6. The van der Waals surface area contributed by atoms with Crippen LogP contribution in [0.15, 0.2) is 28.7 Å². The third-order valence-corrected chi connectivity index (χ3v) is 6.11. The van der Waals surface area contributed by atoms with E-state index in [2.05, 4.69) is 50.8 Å². The van der Waals surface area contributed by atoms with Gasteiger partial charge >= 0.3 is 0 Å². The second-order valence-corrected chi connectivity index (χ2v) is 8.08. The summed E-state index contributed by atoms with van der Waals surface area (Å²) >= 11 is 3.51. The minimum Gasteiger partial charge on any atom is -0.355 e. The van der Waals surface area contributed by atoms with Crippen molar-refractivity contribution in [1.82, 2.24) is 10.6 Å². The Labute approximate surface area is 147 Å². The predicted molar refractivity (Wildman–Crippen MR) is 97.5 cm³/mol. The minimum absolute atomic E-state index is 0.144. The lowest BCUT2D eigenvalue weighted by atomic mass is 9.79. The third-order valence-electron chi connectivity index (χ3n) is 5.58. The van der Waals surface area contributed by atoms with Gasteiger partial charge in [-0.15, -0.1) is 0 Å². The van der Waals surface area contributed by atoms with Gasteiger partial charge in [0.25, 0.3) is 0 Å². The first-order chi connectivity index (χ1) is 11.2. The van der Waals surface area contributed by atoms with Gasteiger partial charge in [-0.05, 0) is 62.4 Å². The number of carbonyl (C=O) groups excluding carboxylic acids is 1. The van der Waals surface area contributed by atoms with Crippen LogP contribution >= 0.6 is 15.9 Å². The van der Waals surface area contributed by atoms with Gasteiger partial charge in [0.05, 0.1) is 0 Å². The Morgan fingerprint density at radius 1 is 1.26 bits per heavy atom. The molecule has 1 heterocycles. The maximum atomic E-state index is 12.2. The lowest BCUT2D eigenvalue weighted by molar-refractivity contribution is -0.121. The number of nitrogens with one attached hydrogen (secondary N) is 2. The molecule has 23 heavy (non-hydrogen) atoms. The molecule has 1 unspecified atom stereocenters. The highest BCUT2D eigenvalue weighted by Gasteiger charge is 2.35. The zero-order valence-corrected chi connectivity index (χ0v) is 15.3. The van der Waals surface area contributed by atoms with E-state index in [-0.39, 0.29) is 11.3 Å². The second kappa shape index (κ2) is 7.80. The molecule has 0 bridgehead atoms. The van der Waals surface area contributed by atoms with Crippen LogP contribution in [0.2, 0.25) is 0 Å². The van der Waals surface area contributed by atoms with Gasteiger partial charge in [0.2, 0.25) is 5.91 Å². The number of benzene rings is 1. The largest absolute Gasteiger partial charge is 0.355 e. The summed E-state index contributed by atoms with van der Waals surface area (Å²) in [6.45, 7) is 2.98. The molecule has 1 aromatic rings. The Bertz CT molecular complexity index is 517. The Morgan fingerprint density at radius 2 is 2.00 bits per heavy atom. The van der Waals surface area contributed by atoms with Crippen molar-refractivity contribution in [3.63, 3.8) is 0 Å². The van der Waals surface area contributed by atoms with Crippen LogP contribution in [-0.4, -0.2) is 25.5 Å². The van der Waals surface area contributed by atoms with Crippen LogP contribution in [0, 0.1) is 5.92 Å². The molecule has 1 saturated carbocycles. The van der Waals surface area contributed by atoms with Crippen LogP contribution < -0.4 is 10.6 Å². The van der Waals surface area contributed by atoms with Gasteiger partial charge in [0.15, 0.2) is 0 Å². The maximum absolute atomic E-state index is 12.2. The average molecular weight is 379 g/mol. The second-order valence-electron chi connectivity index (χ2n) is 7.17. The highest BCUT2D eigenvalue weighted by Crippen LogP contribution is 2.41. The van der Waals surface area contributed by atoms with Crippen molar-refractivity contribution in [3.8, 4) is 0 Å². The summed E-state index contributed by atoms with van der Waals surface area (Å²) in [6, 6.07) is 8.66. The topological polar surface area (TPSA) is 41.1 Å². The molecule has 1 atom stereocenters. The molecule has 1 aliphatic heterocycles. The van der Waals surface area contributed by atoms with Gasteiger partial charge in [-0.2, -0.15) is 0 Å². The summed E-state index contributed by atoms with van der Waals surface area (Å²) in [5, 5.41) is 6.60. The molecular weight excluding hydrogens is 352 g/mol. The highest BCUT2D eigenvalue weighted by molar-refractivity contribution is 9.10. The Balaban J connectivity index is 1.54. The Morgan fingerprint density at radius 3 is 2.65 bits per heavy atom. The van der Waals surface area contributed by atoms with Gasteiger partial charge in [0.1, 0.15) is 0 Å². The summed E-state index contributed by atoms with van der Waals surface area (Å²) < 4.78 is 1.11. The average Bonchev–Trinajstić information content (AvgIpc) is 3.24. The van der Waals surface area contributed by atoms with Crippen LogP contribution in [0.25, 0.3) is 0 Å². The monoisotopic (exact) mass is 378 g/mol. The molecule has 126 valence electrons. The first-order valence-electron chi connectivity index (χ1n) is 8.91. The highest BCUT2D eigenvalue weighted by atomic mass is 79.9. The first-order valence-corrected chi connectivity index (χ1v) is 9.71. The number of hydrogen-bond acceptors (Lipinski definition) is 2. The lowest BCUT2D eigenvalue weighted by Gasteiger charge is -2.30. The number of amides is 1. The maximum Gasteiger partial charge on any atom is 0.220 e. The van der Waals surface area contributed by atoms with Crippen LogP contribution in [0.3, 0.4) is 0 Å². The van der Waals surface area contributed by atoms with E-state index >= 15 is 0 Å². The van der Waals surface area contributed by atoms with E-state index in [1.807, 2.05) is 0 Å². The molecule has 2 aliphatic rings. The summed E-state index contributed by atoms with van der Waals surface area (Å²) in [4.78, 5) is 12.2. The molecule has 3 rings (SSSR count). The fourth-order valence-electron chi connectivity index (χ4n) is 4.07. The quantitative estimate of drug-likeness (QED) is 0.790. The van der Waals surface area contributed by atoms with Crippen molar-refractivity contribution < 1.29 is 4.79 Å². The van der Waals surface area contributed by atoms with E-state index in [1.165, 1.54) is 37.7 Å². The zero-order chi connectivity index (χ0) is 16.1. The van der Waals surface area contributed by atoms with Crippen molar-refractivity contribution in [3.05, 3.63) is 34.3 Å². The molecule has 0 radical (unpaired) electrons. The van der Waals surface area contributed by atoms with E-state index in [9.17, 15) is 4.79 Å². The summed E-state index contributed by atoms with van der Waals surface area (Å²) in [6.07, 6.45) is 7.80. The van der Waals surface area contributed by atoms with Crippen molar-refractivity contribution in [2.24, 2.45) is 5.92 Å². The standard InChI is InChI=1S/C19H27BrN2O/c20-17-6-4-16(5-7-17)19(10-1-2-11-19)14-22-18(23)8-3-15-9-12-21-13-15/h4-7,15,21H,1-3,8-14H2,(H,22,23). The molecule has 3 nitrogen and oxygen atoms in total. The van der Waals surface area contributed by atoms with E-state index in [4.69, 9.17) is 0 Å². The molecule has 1 aromatic carbocycles. The van der Waals surface area contributed by atoms with Crippen molar-refractivity contribution in [1.29, 1.82) is 0 Å². The molecule has 2 fully saturated rings. The van der Waals surface area contributed by atoms with Crippen molar-refractivity contribution in [2.75, 3.05) is 19.6 Å². The number of carbonyl (C=O) groups is 1. The van der Waals surface area contributed by atoms with Crippen LogP contribution in [0.5, 0.6) is 0 Å². The van der Waals surface area contributed by atoms with E-state index in [0.717, 1.165) is 30.5 Å². The zero-order valence-electron chi connectivity index (χ0n) is 13.7. The van der Waals surface area contributed by atoms with Gasteiger partial charge < -0.3 is 10.6 Å². The fourth-order valence-corrected chi connectivity index (χ4v) is 4.34. The van der Waals surface area contributed by atoms with E-state index in [1.54, 1.807) is 0 Å². The molecule has 1 amide bonds. The summed E-state index contributed by atoms with van der Waals surface area (Å²) in [5.74, 6) is 0.910. The minimum atomic E-state index is 0.144. The molecule has 1 saturated heterocycles. The third kappa shape index (κ3) is 4.36. The van der Waals surface area contributed by atoms with Gasteiger partial charge in [-0.1, -0.05) is 40.9 Å². The molecule has 0 spiro atoms. The van der Waals surface area contributed by atoms with Gasteiger partial charge in [-0.3, -0.25) is 4.79 Å². The molecular formula is C19H27BrN2O. The summed E-state index contributed by atoms with van der Waals surface area (Å²) in [7, 11) is 0. The summed E-state index contributed by atoms with van der Waals surface area (Å²) in [5.41, 5.74) is 1.52. The molecule has 0 aromatic heterocycles. The van der Waals surface area contributed by atoms with Crippen LogP contribution in [-0.2, 0) is 10.2 Å². The molecule has 1 aliphatic carbocycles. The van der Waals surface area contributed by atoms with Crippen LogP contribution in [0.4, 0.5) is 0 Å². The Kier molecular flexibility index (Phi) is 5.76. The Hall–Kier alpha value is -0.870. The van der Waals surface area contributed by atoms with E-state index < -0.39 is 0 Å². The number of hydrogen-bond donors (Lipinski definition) is 2. The smallest absolute Gasteiger partial charge is 0.220 e. The van der Waals surface area contributed by atoms with Gasteiger partial charge in [0, 0.05) is 22.9 Å². The SMILES string of the molecule is O=C(CCC1CCNC1)NCC1(c2ccc(Br)cc2)CCCC1. The normalized spacial score (nSPS) is 23.1.